The molecule has 0 unspecified atom stereocenters. The number of hydrogen-bond acceptors (Lipinski definition) is 7. The van der Waals surface area contributed by atoms with Gasteiger partial charge in [-0.25, -0.2) is 0 Å². The molecule has 7 nitrogen and oxygen atoms in total. The molecule has 0 saturated carbocycles. The summed E-state index contributed by atoms with van der Waals surface area (Å²) in [5.41, 5.74) is 0. The van der Waals surface area contributed by atoms with Crippen molar-refractivity contribution >= 4 is 80.3 Å². The van der Waals surface area contributed by atoms with Crippen molar-refractivity contribution < 1.29 is 57.1 Å². The average Bonchev–Trinajstić information content (AvgIpc) is 3.31. The van der Waals surface area contributed by atoms with Gasteiger partial charge in [-0.2, -0.15) is 0 Å². The maximum Gasteiger partial charge on any atom is 3.00 e. The average molecular weight is 995 g/mol. The molecule has 6 rings (SSSR count). The van der Waals surface area contributed by atoms with Gasteiger partial charge in [-0.15, -0.1) is 0 Å². The van der Waals surface area contributed by atoms with Crippen LogP contribution >= 0.6 is 23.8 Å². The SMILES string of the molecule is C=O.CC(=O)OCCCP(c1ccccc1)c1ccccc1.CC(=O)OCCCP(c1ccccc1)c1ccccc1.CC(=O)OCCCP(c1ccccc1)c1ccccc1.[H-].[H-].[H-].[Rh+3]. The Morgan fingerprint density at radius 1 is 0.365 bits per heavy atom. The van der Waals surface area contributed by atoms with Crippen LogP contribution in [0.15, 0.2) is 182 Å². The van der Waals surface area contributed by atoms with E-state index in [9.17, 15) is 14.4 Å². The van der Waals surface area contributed by atoms with Crippen LogP contribution in [-0.4, -0.2) is 63.0 Å². The standard InChI is InChI=1S/3C17H19O2P.CH2O.Rh.3H/c3*1-15(18)19-13-8-14-20(16-9-4-2-5-10-16)17-11-6-3-7-12-17;1-2;;;;/h3*2-7,9-12H,8,13-14H2,1H3;1H2;;;;/q;;;;+3;3*-1. The van der Waals surface area contributed by atoms with Crippen molar-refractivity contribution in [2.24, 2.45) is 0 Å². The molecular weight excluding hydrogens is 932 g/mol. The topological polar surface area (TPSA) is 96.0 Å². The van der Waals surface area contributed by atoms with Crippen LogP contribution < -0.4 is 31.8 Å². The molecule has 0 bridgehead atoms. The summed E-state index contributed by atoms with van der Waals surface area (Å²) in [7, 11) is -1.12. The van der Waals surface area contributed by atoms with E-state index in [2.05, 4.69) is 146 Å². The van der Waals surface area contributed by atoms with Crippen molar-refractivity contribution in [3.63, 3.8) is 0 Å². The Morgan fingerprint density at radius 3 is 0.667 bits per heavy atom. The van der Waals surface area contributed by atoms with Crippen LogP contribution in [0.1, 0.15) is 44.3 Å². The second-order valence-corrected chi connectivity index (χ2v) is 20.6. The molecule has 0 aromatic heterocycles. The second kappa shape index (κ2) is 33.8. The van der Waals surface area contributed by atoms with Crippen LogP contribution in [-0.2, 0) is 52.9 Å². The van der Waals surface area contributed by atoms with Crippen LogP contribution in [0.5, 0.6) is 0 Å². The molecule has 0 heterocycles. The molecule has 336 valence electrons. The predicted molar refractivity (Wildman–Crippen MR) is 266 cm³/mol. The molecule has 11 heteroatoms. The van der Waals surface area contributed by atoms with Gasteiger partial charge in [0.05, 0.1) is 19.8 Å². The van der Waals surface area contributed by atoms with Crippen LogP contribution in [0.4, 0.5) is 0 Å². The molecular formula is C52H62O7P3Rh. The van der Waals surface area contributed by atoms with Gasteiger partial charge >= 0.3 is 37.4 Å². The zero-order valence-electron chi connectivity index (χ0n) is 39.4. The van der Waals surface area contributed by atoms with E-state index in [4.69, 9.17) is 19.0 Å². The van der Waals surface area contributed by atoms with E-state index in [0.29, 0.717) is 19.8 Å². The second-order valence-electron chi connectivity index (χ2n) is 13.5. The molecule has 0 spiro atoms. The molecule has 0 aliphatic heterocycles. The molecule has 0 saturated heterocycles. The van der Waals surface area contributed by atoms with Crippen LogP contribution in [0.25, 0.3) is 0 Å². The Balaban J connectivity index is 0. The van der Waals surface area contributed by atoms with Gasteiger partial charge in [0.1, 0.15) is 6.79 Å². The molecule has 0 amide bonds. The van der Waals surface area contributed by atoms with E-state index in [1.165, 1.54) is 52.6 Å². The summed E-state index contributed by atoms with van der Waals surface area (Å²) >= 11 is 0. The first-order valence-electron chi connectivity index (χ1n) is 20.6. The van der Waals surface area contributed by atoms with Crippen molar-refractivity contribution in [1.82, 2.24) is 0 Å². The van der Waals surface area contributed by atoms with Crippen molar-refractivity contribution in [3.05, 3.63) is 182 Å². The zero-order chi connectivity index (χ0) is 44.6. The first-order valence-corrected chi connectivity index (χ1v) is 25.2. The number of rotatable bonds is 18. The van der Waals surface area contributed by atoms with Gasteiger partial charge < -0.3 is 23.3 Å². The summed E-state index contributed by atoms with van der Waals surface area (Å²) in [6.07, 6.45) is 5.81. The van der Waals surface area contributed by atoms with Gasteiger partial charge in [0, 0.05) is 20.8 Å². The smallest absolute Gasteiger partial charge is 1.00 e. The molecule has 63 heavy (non-hydrogen) atoms. The molecule has 0 aliphatic carbocycles. The van der Waals surface area contributed by atoms with Crippen molar-refractivity contribution in [2.45, 2.75) is 40.0 Å². The molecule has 6 aromatic rings. The van der Waals surface area contributed by atoms with E-state index >= 15 is 0 Å². The maximum atomic E-state index is 10.8. The van der Waals surface area contributed by atoms with E-state index in [0.717, 1.165) is 37.7 Å². The Kier molecular flexibility index (Phi) is 29.2. The van der Waals surface area contributed by atoms with Crippen molar-refractivity contribution in [3.8, 4) is 0 Å². The fraction of sp³-hybridized carbons (Fsp3) is 0.231. The summed E-state index contributed by atoms with van der Waals surface area (Å²) in [6, 6.07) is 63.5. The van der Waals surface area contributed by atoms with Crippen molar-refractivity contribution in [1.29, 1.82) is 0 Å². The Bertz CT molecular complexity index is 1740. The number of carbonyl (C=O) groups is 4. The largest absolute Gasteiger partial charge is 3.00 e. The minimum absolute atomic E-state index is 0. The van der Waals surface area contributed by atoms with Gasteiger partial charge in [0.25, 0.3) is 0 Å². The number of carbonyl (C=O) groups excluding carboxylic acids is 4. The van der Waals surface area contributed by atoms with Gasteiger partial charge in [-0.05, 0) is 93.3 Å². The minimum atomic E-state index is -0.373. The van der Waals surface area contributed by atoms with Crippen LogP contribution in [0.3, 0.4) is 0 Å². The molecule has 6 aromatic carbocycles. The van der Waals surface area contributed by atoms with Gasteiger partial charge in [-0.3, -0.25) is 14.4 Å². The van der Waals surface area contributed by atoms with Gasteiger partial charge in [-0.1, -0.05) is 182 Å². The summed E-state index contributed by atoms with van der Waals surface area (Å²) < 4.78 is 15.1. The summed E-state index contributed by atoms with van der Waals surface area (Å²) in [6.45, 7) is 7.89. The molecule has 0 radical (unpaired) electrons. The summed E-state index contributed by atoms with van der Waals surface area (Å²) in [5, 5.41) is 8.23. The van der Waals surface area contributed by atoms with Crippen LogP contribution in [0, 0.1) is 0 Å². The monoisotopic (exact) mass is 994 g/mol. The van der Waals surface area contributed by atoms with Gasteiger partial charge in [0.2, 0.25) is 0 Å². The summed E-state index contributed by atoms with van der Waals surface area (Å²) in [4.78, 5) is 40.4. The molecule has 0 N–H and O–H groups in total. The summed E-state index contributed by atoms with van der Waals surface area (Å²) in [5.74, 6) is -0.601. The fourth-order valence-electron chi connectivity index (χ4n) is 6.19. The van der Waals surface area contributed by atoms with E-state index in [-0.39, 0.29) is 65.4 Å². The van der Waals surface area contributed by atoms with E-state index in [1.807, 2.05) is 43.2 Å². The Hall–Kier alpha value is -4.69. The van der Waals surface area contributed by atoms with Gasteiger partial charge in [0.15, 0.2) is 0 Å². The Morgan fingerprint density at radius 2 is 0.524 bits per heavy atom. The number of benzene rings is 6. The minimum Gasteiger partial charge on any atom is -1.00 e. The number of ether oxygens (including phenoxy) is 3. The molecule has 0 atom stereocenters. The first-order chi connectivity index (χ1) is 30.3. The predicted octanol–water partition coefficient (Wildman–Crippen LogP) is 9.37. The third kappa shape index (κ3) is 22.5. The van der Waals surface area contributed by atoms with Crippen molar-refractivity contribution in [2.75, 3.05) is 38.3 Å². The zero-order valence-corrected chi connectivity index (χ0v) is 40.7. The first kappa shape index (κ1) is 54.4. The molecule has 0 fully saturated rings. The third-order valence-electron chi connectivity index (χ3n) is 8.90. The Labute approximate surface area is 395 Å². The molecule has 0 aliphatic rings. The fourth-order valence-corrected chi connectivity index (χ4v) is 13.2. The third-order valence-corrected chi connectivity index (χ3v) is 16.7. The number of esters is 3. The maximum absolute atomic E-state index is 10.8. The van der Waals surface area contributed by atoms with E-state index in [1.54, 1.807) is 0 Å². The van der Waals surface area contributed by atoms with E-state index < -0.39 is 0 Å². The number of hydrogen-bond donors (Lipinski definition) is 0. The normalized spacial score (nSPS) is 10.1. The van der Waals surface area contributed by atoms with Crippen LogP contribution in [0.2, 0.25) is 0 Å². The quantitative estimate of drug-likeness (QED) is 0.0279.